The van der Waals surface area contributed by atoms with Crippen LogP contribution in [0.25, 0.3) is 0 Å². The molecule has 120 valence electrons. The molecule has 0 heterocycles. The van der Waals surface area contributed by atoms with Crippen LogP contribution in [0.1, 0.15) is 48.0 Å². The van der Waals surface area contributed by atoms with E-state index in [1.165, 1.54) is 6.42 Å². The summed E-state index contributed by atoms with van der Waals surface area (Å²) in [4.78, 5) is 0. The molecule has 1 N–H and O–H groups in total. The maximum absolute atomic E-state index is 4.23. The van der Waals surface area contributed by atoms with Crippen LogP contribution >= 0.6 is 24.8 Å². The van der Waals surface area contributed by atoms with Crippen LogP contribution in [0.3, 0.4) is 0 Å². The van der Waals surface area contributed by atoms with Crippen molar-refractivity contribution in [3.8, 4) is 0 Å². The van der Waals surface area contributed by atoms with Crippen molar-refractivity contribution in [2.24, 2.45) is 0 Å². The van der Waals surface area contributed by atoms with Crippen molar-refractivity contribution < 1.29 is 19.4 Å². The summed E-state index contributed by atoms with van der Waals surface area (Å²) < 4.78 is 6.51. The average molecular weight is 505 g/mol. The van der Waals surface area contributed by atoms with Gasteiger partial charge in [0, 0.05) is 0 Å². The topological polar surface area (TPSA) is 12.0 Å². The summed E-state index contributed by atoms with van der Waals surface area (Å²) in [5.74, 6) is -0.696. The van der Waals surface area contributed by atoms with Crippen LogP contribution < -0.4 is 3.30 Å². The van der Waals surface area contributed by atoms with Crippen molar-refractivity contribution in [3.63, 3.8) is 0 Å². The summed E-state index contributed by atoms with van der Waals surface area (Å²) in [5.41, 5.74) is 0.246. The second kappa shape index (κ2) is 8.10. The van der Waals surface area contributed by atoms with Gasteiger partial charge in [-0.1, -0.05) is 0 Å². The Morgan fingerprint density at radius 3 is 1.80 bits per heavy atom. The number of hydrogen-bond acceptors (Lipinski definition) is 1. The summed E-state index contributed by atoms with van der Waals surface area (Å²) in [7, 11) is 0. The predicted octanol–water partition coefficient (Wildman–Crippen LogP) is 5.33. The van der Waals surface area contributed by atoms with Gasteiger partial charge >= 0.3 is 120 Å². The predicted molar refractivity (Wildman–Crippen MR) is 97.8 cm³/mol. The van der Waals surface area contributed by atoms with Crippen molar-refractivity contribution in [3.05, 3.63) is 21.6 Å². The second-order valence-corrected chi connectivity index (χ2v) is 44.2. The van der Waals surface area contributed by atoms with Crippen LogP contribution in [-0.4, -0.2) is 11.5 Å². The first-order valence-electron chi connectivity index (χ1n) is 7.16. The van der Waals surface area contributed by atoms with Crippen molar-refractivity contribution in [2.75, 3.05) is 0 Å². The van der Waals surface area contributed by atoms with E-state index in [2.05, 4.69) is 76.2 Å². The van der Waals surface area contributed by atoms with Crippen LogP contribution in [0.5, 0.6) is 0 Å². The van der Waals surface area contributed by atoms with Gasteiger partial charge in [-0.05, 0) is 0 Å². The minimum Gasteiger partial charge on any atom is -0.147 e. The molecule has 1 atom stereocenters. The van der Waals surface area contributed by atoms with E-state index in [0.717, 1.165) is 0 Å². The van der Waals surface area contributed by atoms with Gasteiger partial charge < -0.3 is 0 Å². The van der Waals surface area contributed by atoms with Crippen LogP contribution in [0, 0.1) is 0 Å². The van der Waals surface area contributed by atoms with Gasteiger partial charge in [0.25, 0.3) is 0 Å². The second-order valence-electron chi connectivity index (χ2n) is 7.91. The molecule has 0 fully saturated rings. The van der Waals surface area contributed by atoms with Gasteiger partial charge in [-0.25, -0.2) is 0 Å². The zero-order valence-electron chi connectivity index (χ0n) is 14.3. The van der Waals surface area contributed by atoms with E-state index in [1.807, 2.05) is 3.33 Å². The van der Waals surface area contributed by atoms with Crippen molar-refractivity contribution in [2.45, 2.75) is 69.8 Å². The molecule has 0 saturated carbocycles. The Bertz CT molecular complexity index is 367. The van der Waals surface area contributed by atoms with Crippen LogP contribution in [0.2, 0.25) is 16.3 Å². The number of nitrogens with one attached hydrogen (secondary N) is 1. The van der Waals surface area contributed by atoms with Crippen molar-refractivity contribution in [1.29, 1.82) is 0 Å². The molecule has 1 nitrogen and oxygen atoms in total. The van der Waals surface area contributed by atoms with E-state index in [9.17, 15) is 0 Å². The fourth-order valence-electron chi connectivity index (χ4n) is 3.46. The maximum atomic E-state index is 4.23. The van der Waals surface area contributed by atoms with Crippen LogP contribution in [-0.2, 0) is 19.4 Å². The molecule has 0 radical (unpaired) electrons. The molecule has 5 heteroatoms. The Hall–Kier alpha value is 1.11. The fourth-order valence-corrected chi connectivity index (χ4v) is 53.8. The molecular weight excluding hydrogens is 472 g/mol. The largest absolute Gasteiger partial charge is 0.147 e. The van der Waals surface area contributed by atoms with E-state index in [0.29, 0.717) is 3.17 Å². The van der Waals surface area contributed by atoms with Gasteiger partial charge in [-0.2, -0.15) is 0 Å². The minimum atomic E-state index is -2.66. The van der Waals surface area contributed by atoms with E-state index < -0.39 is 25.4 Å². The number of rotatable bonds is 3. The molecule has 1 aliphatic carbocycles. The Kier molecular flexibility index (Phi) is 9.46. The van der Waals surface area contributed by atoms with Gasteiger partial charge in [0.05, 0.1) is 0 Å². The molecule has 0 spiro atoms. The Morgan fingerprint density at radius 1 is 1.05 bits per heavy atom. The van der Waals surface area contributed by atoms with E-state index in [1.54, 1.807) is 0 Å². The van der Waals surface area contributed by atoms with Crippen molar-refractivity contribution >= 4 is 30.8 Å². The summed E-state index contributed by atoms with van der Waals surface area (Å²) in [6, 6.07) is 0. The molecular formula is C15H33Cl2HfNSi. The van der Waals surface area contributed by atoms with Crippen molar-refractivity contribution in [1.82, 2.24) is 3.30 Å². The molecule has 0 bridgehead atoms. The molecule has 0 aromatic heterocycles. The summed E-state index contributed by atoms with van der Waals surface area (Å²) in [5, 5.41) is 0. The molecule has 20 heavy (non-hydrogen) atoms. The quantitative estimate of drug-likeness (QED) is 0.512. The summed E-state index contributed by atoms with van der Waals surface area (Å²) in [6.07, 6.45) is 8.28. The molecule has 0 aliphatic heterocycles. The van der Waals surface area contributed by atoms with Crippen LogP contribution in [0.15, 0.2) is 21.6 Å². The number of halogens is 2. The first-order valence-corrected chi connectivity index (χ1v) is 21.7. The van der Waals surface area contributed by atoms with Gasteiger partial charge in [0.1, 0.15) is 0 Å². The zero-order chi connectivity index (χ0) is 14.2. The third-order valence-corrected chi connectivity index (χ3v) is 53.2. The first-order chi connectivity index (χ1) is 8.01. The Labute approximate surface area is 144 Å². The third kappa shape index (κ3) is 5.08. The third-order valence-electron chi connectivity index (χ3n) is 3.90. The maximum Gasteiger partial charge on any atom is -0.147 e. The number of allylic oxidation sites excluding steroid dienone is 4. The zero-order valence-corrected chi connectivity index (χ0v) is 20.7. The Morgan fingerprint density at radius 2 is 1.55 bits per heavy atom. The molecule has 1 rings (SSSR count). The molecule has 0 amide bonds. The van der Waals surface area contributed by atoms with E-state index >= 15 is 0 Å². The molecule has 1 unspecified atom stereocenters. The first kappa shape index (κ1) is 23.4. The van der Waals surface area contributed by atoms with Gasteiger partial charge in [0.2, 0.25) is 0 Å². The smallest absolute Gasteiger partial charge is 0.147 e. The SMILES string of the molecule is C[SiH](C)[Hf]([NH]C(C)(C)C)([C]1=CC=CC1)[C](C)(C)C.Cl.Cl. The monoisotopic (exact) mass is 505 g/mol. The van der Waals surface area contributed by atoms with E-state index in [4.69, 9.17) is 0 Å². The molecule has 0 aromatic rings. The van der Waals surface area contributed by atoms with E-state index in [-0.39, 0.29) is 30.4 Å². The average Bonchev–Trinajstić information content (AvgIpc) is 2.62. The standard InChI is InChI=1S/C5H5.C4H10N.C4H9.C2H7Si.2ClH.Hf/c1-2-4-5-3-1;1-4(2,3)5;1-4(2)3;1-3-2;;;/h1-3H,4H2;5H,1-3H3;1-3H3;3H,1-2H3;2*1H;/q;-1;;;;;+1. The molecule has 1 aliphatic rings. The normalized spacial score (nSPS) is 18.1. The Balaban J connectivity index is 0. The van der Waals surface area contributed by atoms with Gasteiger partial charge in [-0.3, -0.25) is 0 Å². The summed E-state index contributed by atoms with van der Waals surface area (Å²) in [6.45, 7) is 19.6. The fraction of sp³-hybridized carbons (Fsp3) is 0.733. The van der Waals surface area contributed by atoms with Gasteiger partial charge in [-0.15, -0.1) is 24.8 Å². The van der Waals surface area contributed by atoms with Gasteiger partial charge in [0.15, 0.2) is 0 Å². The summed E-state index contributed by atoms with van der Waals surface area (Å²) >= 11 is -2.66. The number of hydrogen-bond donors (Lipinski definition) is 1. The molecule has 0 saturated heterocycles. The minimum absolute atomic E-state index is 0. The van der Waals surface area contributed by atoms with Crippen LogP contribution in [0.4, 0.5) is 0 Å². The molecule has 0 aromatic carbocycles.